The van der Waals surface area contributed by atoms with Gasteiger partial charge in [-0.15, -0.1) is 0 Å². The van der Waals surface area contributed by atoms with Gasteiger partial charge in [0, 0.05) is 21.5 Å². The van der Waals surface area contributed by atoms with E-state index in [1.54, 1.807) is 24.3 Å². The number of para-hydroxylation sites is 2. The number of fused-ring (bicyclic) bond motifs is 6. The van der Waals surface area contributed by atoms with E-state index in [0.29, 0.717) is 5.36 Å². The molecule has 0 unspecified atom stereocenters. The molecule has 0 radical (unpaired) electrons. The van der Waals surface area contributed by atoms with Crippen LogP contribution >= 0.6 is 0 Å². The minimum atomic E-state index is -3.86. The van der Waals surface area contributed by atoms with Gasteiger partial charge in [-0.05, 0) is 31.2 Å². The normalized spacial score (nSPS) is 11.8. The zero-order valence-corrected chi connectivity index (χ0v) is 19.6. The Labute approximate surface area is 201 Å². The maximum atomic E-state index is 13.0. The van der Waals surface area contributed by atoms with Crippen molar-refractivity contribution in [3.8, 4) is 0 Å². The molecule has 0 amide bonds. The van der Waals surface area contributed by atoms with E-state index in [4.69, 9.17) is 9.97 Å². The summed E-state index contributed by atoms with van der Waals surface area (Å²) in [6, 6.07) is 29.9. The highest BCUT2D eigenvalue weighted by molar-refractivity contribution is 7.89. The van der Waals surface area contributed by atoms with Gasteiger partial charge >= 0.3 is 0 Å². The third kappa shape index (κ3) is 3.66. The van der Waals surface area contributed by atoms with Crippen LogP contribution in [0.25, 0.3) is 43.6 Å². The number of benzene rings is 4. The number of nitrogens with one attached hydrogen (secondary N) is 1. The molecule has 1 aromatic heterocycles. The number of aromatic nitrogens is 2. The first-order chi connectivity index (χ1) is 17.0. The second kappa shape index (κ2) is 8.14. The topological polar surface area (TPSA) is 84.3 Å². The minimum Gasteiger partial charge on any atom is -0.244 e. The molecule has 6 rings (SSSR count). The lowest BCUT2D eigenvalue weighted by molar-refractivity contribution is 0.583. The van der Waals surface area contributed by atoms with E-state index >= 15 is 0 Å². The van der Waals surface area contributed by atoms with Gasteiger partial charge in [0.05, 0.1) is 32.3 Å². The Hall–Kier alpha value is -4.36. The highest BCUT2D eigenvalue weighted by Crippen LogP contribution is 2.27. The lowest BCUT2D eigenvalue weighted by Gasteiger charge is -2.04. The Kier molecular flexibility index (Phi) is 4.93. The molecule has 0 saturated heterocycles. The van der Waals surface area contributed by atoms with Gasteiger partial charge in [-0.3, -0.25) is 0 Å². The van der Waals surface area contributed by atoms with Gasteiger partial charge in [-0.1, -0.05) is 78.4 Å². The molecule has 6 aromatic rings. The summed E-state index contributed by atoms with van der Waals surface area (Å²) < 4.78 is 26.1. The Bertz CT molecular complexity index is 1850. The van der Waals surface area contributed by atoms with Crippen molar-refractivity contribution in [3.63, 3.8) is 0 Å². The third-order valence-electron chi connectivity index (χ3n) is 6.05. The molecular weight excluding hydrogens is 456 g/mol. The fourth-order valence-corrected chi connectivity index (χ4v) is 5.12. The summed E-state index contributed by atoms with van der Waals surface area (Å²) in [6.07, 6.45) is 0. The van der Waals surface area contributed by atoms with Gasteiger partial charge in [0.2, 0.25) is 0 Å². The zero-order valence-electron chi connectivity index (χ0n) is 18.8. The Balaban J connectivity index is 1.73. The molecule has 0 aliphatic carbocycles. The number of sulfonamides is 1. The maximum Gasteiger partial charge on any atom is 0.276 e. The molecule has 5 aromatic carbocycles. The zero-order chi connectivity index (χ0) is 24.0. The largest absolute Gasteiger partial charge is 0.276 e. The molecule has 0 aliphatic heterocycles. The van der Waals surface area contributed by atoms with Crippen LogP contribution in [-0.2, 0) is 10.0 Å². The molecule has 0 spiro atoms. The first-order valence-corrected chi connectivity index (χ1v) is 12.6. The Morgan fingerprint density at radius 2 is 1.09 bits per heavy atom. The van der Waals surface area contributed by atoms with Crippen LogP contribution in [0, 0.1) is 6.92 Å². The fraction of sp³-hybridized carbons (Fsp3) is 0.0357. The summed E-state index contributed by atoms with van der Waals surface area (Å²) in [7, 11) is -3.86. The smallest absolute Gasteiger partial charge is 0.244 e. The lowest BCUT2D eigenvalue weighted by atomic mass is 10.1. The number of nitrogens with zero attached hydrogens (tertiary/aromatic N) is 3. The van der Waals surface area contributed by atoms with E-state index in [9.17, 15) is 8.42 Å². The van der Waals surface area contributed by atoms with Gasteiger partial charge in [-0.2, -0.15) is 18.4 Å². The average molecular weight is 477 g/mol. The Morgan fingerprint density at radius 1 is 0.629 bits per heavy atom. The first kappa shape index (κ1) is 21.2. The molecule has 35 heavy (non-hydrogen) atoms. The van der Waals surface area contributed by atoms with Gasteiger partial charge in [0.1, 0.15) is 0 Å². The van der Waals surface area contributed by atoms with E-state index in [1.807, 2.05) is 79.7 Å². The van der Waals surface area contributed by atoms with Crippen molar-refractivity contribution in [2.24, 2.45) is 5.10 Å². The van der Waals surface area contributed by atoms with Crippen molar-refractivity contribution >= 4 is 53.6 Å². The summed E-state index contributed by atoms with van der Waals surface area (Å²) in [5, 5.41) is 8.20. The molecule has 0 atom stereocenters. The van der Waals surface area contributed by atoms with Crippen molar-refractivity contribution < 1.29 is 8.42 Å². The van der Waals surface area contributed by atoms with Gasteiger partial charge < -0.3 is 0 Å². The number of hydrogen-bond donors (Lipinski definition) is 1. The summed E-state index contributed by atoms with van der Waals surface area (Å²) in [4.78, 5) is 12.5. The SMILES string of the molecule is Cc1ccc(S(=O)(=O)NN=c2c3ccccc3c3nc4ccccc4nc3c3ccccc23)cc1. The van der Waals surface area contributed by atoms with Crippen LogP contribution in [0.4, 0.5) is 0 Å². The van der Waals surface area contributed by atoms with Crippen molar-refractivity contribution in [1.29, 1.82) is 0 Å². The van der Waals surface area contributed by atoms with Gasteiger partial charge in [-0.25, -0.2) is 9.97 Å². The van der Waals surface area contributed by atoms with Crippen LogP contribution < -0.4 is 10.2 Å². The van der Waals surface area contributed by atoms with Crippen LogP contribution in [0.3, 0.4) is 0 Å². The fourth-order valence-electron chi connectivity index (χ4n) is 4.31. The van der Waals surface area contributed by atoms with E-state index in [2.05, 4.69) is 9.93 Å². The second-order valence-electron chi connectivity index (χ2n) is 8.37. The number of rotatable bonds is 3. The minimum absolute atomic E-state index is 0.153. The van der Waals surface area contributed by atoms with Crippen LogP contribution in [0.1, 0.15) is 5.56 Å². The van der Waals surface area contributed by atoms with Crippen LogP contribution in [-0.4, -0.2) is 18.4 Å². The molecule has 0 bridgehead atoms. The predicted octanol–water partition coefficient (Wildman–Crippen LogP) is 5.19. The summed E-state index contributed by atoms with van der Waals surface area (Å²) in [6.45, 7) is 1.91. The summed E-state index contributed by atoms with van der Waals surface area (Å²) in [5.41, 5.74) is 4.03. The Morgan fingerprint density at radius 3 is 1.60 bits per heavy atom. The average Bonchev–Trinajstić information content (AvgIpc) is 2.99. The van der Waals surface area contributed by atoms with Crippen LogP contribution in [0.2, 0.25) is 0 Å². The van der Waals surface area contributed by atoms with E-state index in [-0.39, 0.29) is 4.90 Å². The molecule has 0 aliphatic rings. The second-order valence-corrected chi connectivity index (χ2v) is 10.0. The molecule has 0 fully saturated rings. The van der Waals surface area contributed by atoms with Crippen molar-refractivity contribution in [1.82, 2.24) is 14.8 Å². The first-order valence-electron chi connectivity index (χ1n) is 11.1. The molecule has 0 saturated carbocycles. The summed E-state index contributed by atoms with van der Waals surface area (Å²) in [5.74, 6) is 0. The van der Waals surface area contributed by atoms with Crippen molar-refractivity contribution in [3.05, 3.63) is 108 Å². The number of hydrogen-bond acceptors (Lipinski definition) is 5. The highest BCUT2D eigenvalue weighted by Gasteiger charge is 2.14. The van der Waals surface area contributed by atoms with Crippen molar-refractivity contribution in [2.45, 2.75) is 11.8 Å². The van der Waals surface area contributed by atoms with Crippen molar-refractivity contribution in [2.75, 3.05) is 0 Å². The van der Waals surface area contributed by atoms with Gasteiger partial charge in [0.15, 0.2) is 0 Å². The van der Waals surface area contributed by atoms with Crippen LogP contribution in [0.15, 0.2) is 107 Å². The molecule has 1 N–H and O–H groups in total. The molecule has 1 heterocycles. The molecule has 7 heteroatoms. The van der Waals surface area contributed by atoms with E-state index in [1.165, 1.54) is 0 Å². The highest BCUT2D eigenvalue weighted by atomic mass is 32.2. The van der Waals surface area contributed by atoms with E-state index < -0.39 is 10.0 Å². The van der Waals surface area contributed by atoms with Gasteiger partial charge in [0.25, 0.3) is 10.0 Å². The standard InChI is InChI=1S/C28H20N4O2S/c1-18-14-16-19(17-15-18)35(33,34)32-31-26-20-8-2-4-10-22(20)27-28(23-11-5-3-9-21(23)26)30-25-13-7-6-12-24(25)29-27/h2-17,32H,1H3. The quantitative estimate of drug-likeness (QED) is 0.356. The number of aryl methyl sites for hydroxylation is 1. The molecule has 6 nitrogen and oxygen atoms in total. The molecule has 170 valence electrons. The summed E-state index contributed by atoms with van der Waals surface area (Å²) >= 11 is 0. The van der Waals surface area contributed by atoms with E-state index in [0.717, 1.165) is 49.2 Å². The third-order valence-corrected chi connectivity index (χ3v) is 7.28. The van der Waals surface area contributed by atoms with Crippen LogP contribution in [0.5, 0.6) is 0 Å². The monoisotopic (exact) mass is 476 g/mol. The predicted molar refractivity (Wildman–Crippen MR) is 139 cm³/mol. The lowest BCUT2D eigenvalue weighted by Crippen LogP contribution is -2.22. The maximum absolute atomic E-state index is 13.0. The molecular formula is C28H20N4O2S.